The van der Waals surface area contributed by atoms with Crippen molar-refractivity contribution in [3.8, 4) is 6.07 Å². The molecule has 0 aliphatic carbocycles. The van der Waals surface area contributed by atoms with E-state index < -0.39 is 32.6 Å². The number of nitrogens with two attached hydrogens (primary N) is 2. The van der Waals surface area contributed by atoms with E-state index in [0.29, 0.717) is 0 Å². The molecule has 9 heteroatoms. The Morgan fingerprint density at radius 3 is 2.44 bits per heavy atom. The maximum atomic E-state index is 12.5. The average molecular weight is 248 g/mol. The van der Waals surface area contributed by atoms with Crippen LogP contribution in [-0.2, 0) is 10.0 Å². The standard InChI is InChI=1S/C7H6F2N4O2S/c8-7(9)5-6(16(12,14)15)3(1-10)4(11)2-13-5/h2,7H,11H2,(H2,12,14,15). The number of hydrogen-bond donors (Lipinski definition) is 2. The Bertz CT molecular complexity index is 564. The highest BCUT2D eigenvalue weighted by molar-refractivity contribution is 7.89. The van der Waals surface area contributed by atoms with Crippen molar-refractivity contribution in [1.82, 2.24) is 4.98 Å². The highest BCUT2D eigenvalue weighted by Crippen LogP contribution is 2.28. The lowest BCUT2D eigenvalue weighted by Gasteiger charge is -2.09. The molecule has 0 saturated carbocycles. The lowest BCUT2D eigenvalue weighted by molar-refractivity contribution is 0.142. The van der Waals surface area contributed by atoms with Gasteiger partial charge in [-0.3, -0.25) is 4.98 Å². The van der Waals surface area contributed by atoms with Gasteiger partial charge in [-0.1, -0.05) is 0 Å². The molecule has 0 radical (unpaired) electrons. The molecule has 1 heterocycles. The van der Waals surface area contributed by atoms with Gasteiger partial charge in [-0.2, -0.15) is 5.26 Å². The van der Waals surface area contributed by atoms with Crippen LogP contribution in [0.1, 0.15) is 17.7 Å². The number of sulfonamides is 1. The van der Waals surface area contributed by atoms with Gasteiger partial charge >= 0.3 is 0 Å². The first kappa shape index (κ1) is 12.3. The number of alkyl halides is 2. The minimum atomic E-state index is -4.49. The molecule has 0 fully saturated rings. The van der Waals surface area contributed by atoms with Gasteiger partial charge in [-0.15, -0.1) is 0 Å². The van der Waals surface area contributed by atoms with E-state index in [0.717, 1.165) is 6.20 Å². The first-order valence-corrected chi connectivity index (χ1v) is 5.33. The third-order valence-electron chi connectivity index (χ3n) is 1.69. The zero-order valence-corrected chi connectivity index (χ0v) is 8.50. The Morgan fingerprint density at radius 1 is 1.50 bits per heavy atom. The fourth-order valence-corrected chi connectivity index (χ4v) is 1.96. The van der Waals surface area contributed by atoms with E-state index in [1.807, 2.05) is 0 Å². The molecule has 0 atom stereocenters. The summed E-state index contributed by atoms with van der Waals surface area (Å²) in [6, 6.07) is 1.41. The van der Waals surface area contributed by atoms with Crippen molar-refractivity contribution >= 4 is 15.7 Å². The van der Waals surface area contributed by atoms with Crippen molar-refractivity contribution in [2.24, 2.45) is 5.14 Å². The predicted octanol–water partition coefficient (Wildman–Crippen LogP) is 0.120. The number of rotatable bonds is 2. The van der Waals surface area contributed by atoms with Gasteiger partial charge in [0.15, 0.2) is 0 Å². The summed E-state index contributed by atoms with van der Waals surface area (Å²) >= 11 is 0. The maximum absolute atomic E-state index is 12.5. The van der Waals surface area contributed by atoms with Crippen molar-refractivity contribution in [1.29, 1.82) is 5.26 Å². The molecule has 0 aliphatic rings. The minimum Gasteiger partial charge on any atom is -0.396 e. The van der Waals surface area contributed by atoms with Gasteiger partial charge in [0.25, 0.3) is 6.43 Å². The van der Waals surface area contributed by atoms with Crippen LogP contribution in [0, 0.1) is 11.3 Å². The zero-order chi connectivity index (χ0) is 12.5. The van der Waals surface area contributed by atoms with Crippen LogP contribution in [0.4, 0.5) is 14.5 Å². The Labute approximate surface area is 89.5 Å². The van der Waals surface area contributed by atoms with Crippen LogP contribution in [0.5, 0.6) is 0 Å². The van der Waals surface area contributed by atoms with E-state index in [2.05, 4.69) is 4.98 Å². The zero-order valence-electron chi connectivity index (χ0n) is 7.68. The monoisotopic (exact) mass is 248 g/mol. The molecule has 0 saturated heterocycles. The van der Waals surface area contributed by atoms with Crippen LogP contribution in [0.2, 0.25) is 0 Å². The number of aromatic nitrogens is 1. The van der Waals surface area contributed by atoms with Crippen LogP contribution in [0.15, 0.2) is 11.1 Å². The molecule has 1 aromatic heterocycles. The second-order valence-corrected chi connectivity index (χ2v) is 4.26. The van der Waals surface area contributed by atoms with Crippen LogP contribution in [0.3, 0.4) is 0 Å². The second kappa shape index (κ2) is 3.99. The van der Waals surface area contributed by atoms with Crippen molar-refractivity contribution < 1.29 is 17.2 Å². The topological polar surface area (TPSA) is 123 Å². The molecule has 0 aliphatic heterocycles. The highest BCUT2D eigenvalue weighted by atomic mass is 32.2. The minimum absolute atomic E-state index is 0.323. The van der Waals surface area contributed by atoms with Gasteiger partial charge in [0.1, 0.15) is 16.7 Å². The molecular weight excluding hydrogens is 242 g/mol. The third kappa shape index (κ3) is 2.07. The summed E-state index contributed by atoms with van der Waals surface area (Å²) in [4.78, 5) is 2.14. The summed E-state index contributed by atoms with van der Waals surface area (Å²) in [6.45, 7) is 0. The van der Waals surface area contributed by atoms with Crippen molar-refractivity contribution in [3.63, 3.8) is 0 Å². The average Bonchev–Trinajstić information content (AvgIpc) is 2.15. The Kier molecular flexibility index (Phi) is 3.06. The molecule has 0 unspecified atom stereocenters. The quantitative estimate of drug-likeness (QED) is 0.769. The van der Waals surface area contributed by atoms with Crippen LogP contribution >= 0.6 is 0 Å². The summed E-state index contributed by atoms with van der Waals surface area (Å²) in [5.74, 6) is 0. The number of nitrogen functional groups attached to an aromatic ring is 1. The SMILES string of the molecule is N#Cc1c(N)cnc(C(F)F)c1S(N)(=O)=O. The van der Waals surface area contributed by atoms with Gasteiger partial charge in [0.05, 0.1) is 17.4 Å². The summed E-state index contributed by atoms with van der Waals surface area (Å²) in [7, 11) is -4.49. The Morgan fingerprint density at radius 2 is 2.06 bits per heavy atom. The van der Waals surface area contributed by atoms with E-state index in [1.54, 1.807) is 0 Å². The van der Waals surface area contributed by atoms with Crippen molar-refractivity contribution in [3.05, 3.63) is 17.5 Å². The van der Waals surface area contributed by atoms with Gasteiger partial charge in [0, 0.05) is 0 Å². The molecule has 86 valence electrons. The molecule has 0 amide bonds. The van der Waals surface area contributed by atoms with E-state index in [9.17, 15) is 17.2 Å². The number of anilines is 1. The van der Waals surface area contributed by atoms with Gasteiger partial charge in [-0.25, -0.2) is 22.3 Å². The number of halogens is 2. The summed E-state index contributed by atoms with van der Waals surface area (Å²) in [5.41, 5.74) is 3.23. The number of pyridine rings is 1. The van der Waals surface area contributed by atoms with Gasteiger partial charge in [-0.05, 0) is 0 Å². The summed E-state index contributed by atoms with van der Waals surface area (Å²) < 4.78 is 47.1. The Hall–Kier alpha value is -1.79. The van der Waals surface area contributed by atoms with E-state index in [1.165, 1.54) is 6.07 Å². The predicted molar refractivity (Wildman–Crippen MR) is 49.7 cm³/mol. The summed E-state index contributed by atoms with van der Waals surface area (Å²) in [6.07, 6.45) is -2.38. The molecule has 0 bridgehead atoms. The Balaban J connectivity index is 3.77. The van der Waals surface area contributed by atoms with E-state index in [-0.39, 0.29) is 5.69 Å². The molecule has 6 nitrogen and oxygen atoms in total. The first-order valence-electron chi connectivity index (χ1n) is 3.78. The molecule has 1 rings (SSSR count). The number of nitriles is 1. The first-order chi connectivity index (χ1) is 7.29. The molecule has 1 aromatic rings. The van der Waals surface area contributed by atoms with Crippen LogP contribution in [-0.4, -0.2) is 13.4 Å². The molecular formula is C7H6F2N4O2S. The van der Waals surface area contributed by atoms with Gasteiger partial charge < -0.3 is 5.73 Å². The van der Waals surface area contributed by atoms with Crippen molar-refractivity contribution in [2.45, 2.75) is 11.3 Å². The molecule has 16 heavy (non-hydrogen) atoms. The third-order valence-corrected chi connectivity index (χ3v) is 2.68. The molecule has 0 spiro atoms. The largest absolute Gasteiger partial charge is 0.396 e. The lowest BCUT2D eigenvalue weighted by atomic mass is 10.2. The highest BCUT2D eigenvalue weighted by Gasteiger charge is 2.27. The fraction of sp³-hybridized carbons (Fsp3) is 0.143. The van der Waals surface area contributed by atoms with Gasteiger partial charge in [0.2, 0.25) is 10.0 Å². The van der Waals surface area contributed by atoms with Crippen molar-refractivity contribution in [2.75, 3.05) is 5.73 Å². The van der Waals surface area contributed by atoms with E-state index in [4.69, 9.17) is 16.1 Å². The number of nitrogens with zero attached hydrogens (tertiary/aromatic N) is 2. The normalized spacial score (nSPS) is 11.4. The molecule has 0 aromatic carbocycles. The smallest absolute Gasteiger partial charge is 0.281 e. The fourth-order valence-electron chi connectivity index (χ4n) is 1.08. The maximum Gasteiger partial charge on any atom is 0.281 e. The lowest BCUT2D eigenvalue weighted by Crippen LogP contribution is -2.18. The number of hydrogen-bond acceptors (Lipinski definition) is 5. The molecule has 4 N–H and O–H groups in total. The second-order valence-electron chi connectivity index (χ2n) is 2.76. The number of primary sulfonamides is 1. The van der Waals surface area contributed by atoms with Crippen LogP contribution < -0.4 is 10.9 Å². The van der Waals surface area contributed by atoms with Crippen LogP contribution in [0.25, 0.3) is 0 Å². The summed E-state index contributed by atoms with van der Waals surface area (Å²) in [5, 5.41) is 13.4. The van der Waals surface area contributed by atoms with E-state index >= 15 is 0 Å².